The SMILES string of the molecule is C[C@]12CCC3C(C[C@H]4O[C@]45C(=O)CCC(=O)[C@]35C)[C@]1(O)CCC2=O. The van der Waals surface area contributed by atoms with Gasteiger partial charge in [-0.05, 0) is 51.4 Å². The summed E-state index contributed by atoms with van der Waals surface area (Å²) in [7, 11) is 0. The molecular weight excluding hydrogens is 308 g/mol. The van der Waals surface area contributed by atoms with E-state index in [0.29, 0.717) is 32.1 Å². The van der Waals surface area contributed by atoms with Gasteiger partial charge in [0.15, 0.2) is 11.4 Å². The highest BCUT2D eigenvalue weighted by atomic mass is 16.6. The Morgan fingerprint density at radius 2 is 1.67 bits per heavy atom. The van der Waals surface area contributed by atoms with Crippen LogP contribution in [0.4, 0.5) is 0 Å². The van der Waals surface area contributed by atoms with Crippen LogP contribution in [0.25, 0.3) is 0 Å². The molecule has 7 atom stereocenters. The number of epoxide rings is 1. The fourth-order valence-electron chi connectivity index (χ4n) is 7.06. The van der Waals surface area contributed by atoms with E-state index >= 15 is 0 Å². The second-order valence-electron chi connectivity index (χ2n) is 9.06. The Kier molecular flexibility index (Phi) is 2.54. The molecule has 5 aliphatic rings. The predicted octanol–water partition coefficient (Wildman–Crippen LogP) is 1.59. The fraction of sp³-hybridized carbons (Fsp3) is 0.842. The zero-order valence-corrected chi connectivity index (χ0v) is 14.3. The zero-order valence-electron chi connectivity index (χ0n) is 14.3. The van der Waals surface area contributed by atoms with Crippen LogP contribution in [0.1, 0.15) is 58.8 Å². The van der Waals surface area contributed by atoms with Crippen molar-refractivity contribution >= 4 is 17.3 Å². The van der Waals surface area contributed by atoms with Gasteiger partial charge in [-0.2, -0.15) is 0 Å². The number of ketones is 3. The molecule has 0 bridgehead atoms. The summed E-state index contributed by atoms with van der Waals surface area (Å²) >= 11 is 0. The number of fused-ring (bicyclic) bond motifs is 4. The van der Waals surface area contributed by atoms with Gasteiger partial charge in [0, 0.05) is 19.3 Å². The number of aliphatic hydroxyl groups is 1. The Balaban J connectivity index is 1.64. The molecule has 4 aliphatic carbocycles. The van der Waals surface area contributed by atoms with Crippen LogP contribution in [0, 0.1) is 22.7 Å². The summed E-state index contributed by atoms with van der Waals surface area (Å²) in [5.41, 5.74) is -3.54. The summed E-state index contributed by atoms with van der Waals surface area (Å²) in [4.78, 5) is 38.1. The van der Waals surface area contributed by atoms with Crippen LogP contribution in [0.2, 0.25) is 0 Å². The molecule has 0 aromatic rings. The molecule has 4 saturated carbocycles. The van der Waals surface area contributed by atoms with Gasteiger partial charge in [-0.3, -0.25) is 14.4 Å². The third-order valence-electron chi connectivity index (χ3n) is 8.64. The van der Waals surface area contributed by atoms with Crippen LogP contribution in [-0.2, 0) is 19.1 Å². The van der Waals surface area contributed by atoms with Gasteiger partial charge in [-0.1, -0.05) is 0 Å². The number of hydrogen-bond acceptors (Lipinski definition) is 5. The Morgan fingerprint density at radius 3 is 2.42 bits per heavy atom. The van der Waals surface area contributed by atoms with Crippen molar-refractivity contribution in [1.82, 2.24) is 0 Å². The van der Waals surface area contributed by atoms with E-state index in [0.717, 1.165) is 0 Å². The first-order valence-electron chi connectivity index (χ1n) is 9.22. The molecule has 1 spiro atoms. The highest BCUT2D eigenvalue weighted by Gasteiger charge is 2.83. The van der Waals surface area contributed by atoms with Crippen LogP contribution in [-0.4, -0.2) is 39.8 Å². The number of ether oxygens (including phenoxy) is 1. The van der Waals surface area contributed by atoms with Gasteiger partial charge >= 0.3 is 0 Å². The van der Waals surface area contributed by atoms with E-state index in [1.54, 1.807) is 0 Å². The highest BCUT2D eigenvalue weighted by Crippen LogP contribution is 2.72. The maximum Gasteiger partial charge on any atom is 0.168 e. The van der Waals surface area contributed by atoms with Gasteiger partial charge in [0.2, 0.25) is 0 Å². The lowest BCUT2D eigenvalue weighted by Gasteiger charge is -2.59. The molecule has 0 aromatic heterocycles. The van der Waals surface area contributed by atoms with E-state index in [9.17, 15) is 19.5 Å². The van der Waals surface area contributed by atoms with E-state index in [1.165, 1.54) is 0 Å². The Bertz CT molecular complexity index is 700. The van der Waals surface area contributed by atoms with Crippen molar-refractivity contribution in [2.45, 2.75) is 76.1 Å². The third kappa shape index (κ3) is 1.27. The van der Waals surface area contributed by atoms with E-state index in [-0.39, 0.29) is 48.1 Å². The summed E-state index contributed by atoms with van der Waals surface area (Å²) < 4.78 is 5.93. The predicted molar refractivity (Wildman–Crippen MR) is 83.1 cm³/mol. The van der Waals surface area contributed by atoms with Crippen molar-refractivity contribution in [2.24, 2.45) is 22.7 Å². The van der Waals surface area contributed by atoms with Crippen molar-refractivity contribution in [3.8, 4) is 0 Å². The molecule has 0 radical (unpaired) electrons. The lowest BCUT2D eigenvalue weighted by Crippen LogP contribution is -2.68. The number of hydrogen-bond donors (Lipinski definition) is 1. The second kappa shape index (κ2) is 4.01. The van der Waals surface area contributed by atoms with Gasteiger partial charge in [-0.25, -0.2) is 0 Å². The molecule has 1 aliphatic heterocycles. The summed E-state index contributed by atoms with van der Waals surface area (Å²) in [5.74, 6) is 0.111. The van der Waals surface area contributed by atoms with Crippen LogP contribution in [0.3, 0.4) is 0 Å². The number of carbonyl (C=O) groups excluding carboxylic acids is 3. The van der Waals surface area contributed by atoms with Gasteiger partial charge in [0.1, 0.15) is 11.6 Å². The molecule has 1 saturated heterocycles. The zero-order chi connectivity index (χ0) is 17.1. The molecule has 5 fully saturated rings. The molecule has 5 heteroatoms. The molecule has 2 unspecified atom stereocenters. The van der Waals surface area contributed by atoms with Crippen LogP contribution < -0.4 is 0 Å². The topological polar surface area (TPSA) is 84.0 Å². The summed E-state index contributed by atoms with van der Waals surface area (Å²) in [5, 5.41) is 11.6. The van der Waals surface area contributed by atoms with Crippen molar-refractivity contribution in [3.05, 3.63) is 0 Å². The first-order chi connectivity index (χ1) is 11.2. The van der Waals surface area contributed by atoms with Crippen molar-refractivity contribution in [2.75, 3.05) is 0 Å². The molecule has 24 heavy (non-hydrogen) atoms. The fourth-order valence-corrected chi connectivity index (χ4v) is 7.06. The molecule has 130 valence electrons. The van der Waals surface area contributed by atoms with Crippen LogP contribution >= 0.6 is 0 Å². The lowest BCUT2D eigenvalue weighted by molar-refractivity contribution is -0.192. The maximum absolute atomic E-state index is 12.9. The number of rotatable bonds is 0. The first kappa shape index (κ1) is 15.2. The van der Waals surface area contributed by atoms with Gasteiger partial charge < -0.3 is 9.84 Å². The Morgan fingerprint density at radius 1 is 0.958 bits per heavy atom. The normalized spacial score (nSPS) is 58.6. The maximum atomic E-state index is 12.9. The van der Waals surface area contributed by atoms with E-state index in [1.807, 2.05) is 13.8 Å². The van der Waals surface area contributed by atoms with Crippen LogP contribution in [0.5, 0.6) is 0 Å². The molecule has 0 amide bonds. The summed E-state index contributed by atoms with van der Waals surface area (Å²) in [6, 6.07) is 0. The van der Waals surface area contributed by atoms with E-state index < -0.39 is 22.0 Å². The van der Waals surface area contributed by atoms with Crippen molar-refractivity contribution in [1.29, 1.82) is 0 Å². The molecule has 1 heterocycles. The average molecular weight is 332 g/mol. The Labute approximate surface area is 141 Å². The monoisotopic (exact) mass is 332 g/mol. The smallest absolute Gasteiger partial charge is 0.168 e. The summed E-state index contributed by atoms with van der Waals surface area (Å²) in [6.07, 6.45) is 3.09. The first-order valence-corrected chi connectivity index (χ1v) is 9.22. The lowest BCUT2D eigenvalue weighted by atomic mass is 9.43. The van der Waals surface area contributed by atoms with Gasteiger partial charge in [-0.15, -0.1) is 0 Å². The molecule has 0 aromatic carbocycles. The van der Waals surface area contributed by atoms with Crippen molar-refractivity contribution in [3.63, 3.8) is 0 Å². The molecule has 1 N–H and O–H groups in total. The standard InChI is InChI=1S/C19H24O5/c1-16-7-5-10-11(18(16,23)8-6-12(16)20)9-15-19(24-15)14(22)4-3-13(21)17(10,19)2/h10-11,15,23H,3-9H2,1-2H3/t10?,11?,15-,16-,17+,18-,19-/m1/s1. The number of Topliss-reactive ketones (excluding diaryl/α,β-unsaturated/α-hetero) is 3. The molecule has 5 nitrogen and oxygen atoms in total. The average Bonchev–Trinajstić information content (AvgIpc) is 3.23. The minimum absolute atomic E-state index is 0.0656. The number of carbonyl (C=O) groups is 3. The minimum atomic E-state index is -1.06. The van der Waals surface area contributed by atoms with Crippen molar-refractivity contribution < 1.29 is 24.2 Å². The van der Waals surface area contributed by atoms with Gasteiger partial charge in [0.05, 0.1) is 22.5 Å². The summed E-state index contributed by atoms with van der Waals surface area (Å²) in [6.45, 7) is 3.79. The van der Waals surface area contributed by atoms with Crippen LogP contribution in [0.15, 0.2) is 0 Å². The van der Waals surface area contributed by atoms with E-state index in [4.69, 9.17) is 4.74 Å². The third-order valence-corrected chi connectivity index (χ3v) is 8.64. The molecular formula is C19H24O5. The Hall–Kier alpha value is -1.07. The highest BCUT2D eigenvalue weighted by molar-refractivity contribution is 6.06. The largest absolute Gasteiger partial charge is 0.389 e. The molecule has 5 rings (SSSR count). The second-order valence-corrected chi connectivity index (χ2v) is 9.06. The van der Waals surface area contributed by atoms with Gasteiger partial charge in [0.25, 0.3) is 0 Å². The minimum Gasteiger partial charge on any atom is -0.389 e. The quantitative estimate of drug-likeness (QED) is 0.681. The van der Waals surface area contributed by atoms with E-state index in [2.05, 4.69) is 0 Å².